The molecule has 1 heterocycles. The number of ether oxygens (including phenoxy) is 2. The molecule has 0 aromatic carbocycles. The van der Waals surface area contributed by atoms with Gasteiger partial charge in [-0.05, 0) is 6.42 Å². The summed E-state index contributed by atoms with van der Waals surface area (Å²) in [7, 11) is 1.50. The fraction of sp³-hybridized carbons (Fsp3) is 0.778. The molecule has 1 aliphatic heterocycles. The van der Waals surface area contributed by atoms with Crippen LogP contribution < -0.4 is 0 Å². The summed E-state index contributed by atoms with van der Waals surface area (Å²) >= 11 is 0. The molecule has 0 amide bonds. The van der Waals surface area contributed by atoms with E-state index in [0.29, 0.717) is 12.2 Å². The van der Waals surface area contributed by atoms with Crippen LogP contribution in [0.25, 0.3) is 0 Å². The summed E-state index contributed by atoms with van der Waals surface area (Å²) in [5.74, 6) is 0.320. The summed E-state index contributed by atoms with van der Waals surface area (Å²) in [6, 6.07) is 0. The van der Waals surface area contributed by atoms with E-state index in [-0.39, 0.29) is 12.5 Å². The van der Waals surface area contributed by atoms with Crippen LogP contribution in [0.5, 0.6) is 0 Å². The maximum absolute atomic E-state index is 10.2. The molecule has 2 aliphatic rings. The number of aliphatic hydroxyl groups excluding tert-OH is 1. The first-order chi connectivity index (χ1) is 6.09. The molecular formula is C9H14O4. The van der Waals surface area contributed by atoms with Crippen molar-refractivity contribution < 1.29 is 19.7 Å². The van der Waals surface area contributed by atoms with Crippen LogP contribution in [0.15, 0.2) is 12.3 Å². The number of aliphatic hydroxyl groups is 2. The first-order valence-electron chi connectivity index (χ1n) is 4.34. The van der Waals surface area contributed by atoms with Gasteiger partial charge in [-0.25, -0.2) is 0 Å². The summed E-state index contributed by atoms with van der Waals surface area (Å²) in [6.45, 7) is 3.82. The fourth-order valence-corrected chi connectivity index (χ4v) is 1.99. The van der Waals surface area contributed by atoms with Gasteiger partial charge in [0.15, 0.2) is 0 Å². The van der Waals surface area contributed by atoms with Crippen molar-refractivity contribution in [1.82, 2.24) is 0 Å². The van der Waals surface area contributed by atoms with Crippen LogP contribution in [-0.2, 0) is 9.47 Å². The zero-order chi connectivity index (χ0) is 9.64. The van der Waals surface area contributed by atoms with E-state index >= 15 is 0 Å². The van der Waals surface area contributed by atoms with Gasteiger partial charge in [0.25, 0.3) is 0 Å². The lowest BCUT2D eigenvalue weighted by molar-refractivity contribution is -0.0796. The Balaban J connectivity index is 2.17. The quantitative estimate of drug-likeness (QED) is 0.619. The lowest BCUT2D eigenvalue weighted by atomic mass is 9.93. The van der Waals surface area contributed by atoms with E-state index in [1.54, 1.807) is 0 Å². The second-order valence-corrected chi connectivity index (χ2v) is 3.77. The third-order valence-electron chi connectivity index (χ3n) is 2.87. The molecule has 4 heteroatoms. The van der Waals surface area contributed by atoms with Crippen molar-refractivity contribution in [3.63, 3.8) is 0 Å². The predicted octanol–water partition coefficient (Wildman–Crippen LogP) is -0.343. The van der Waals surface area contributed by atoms with E-state index in [2.05, 4.69) is 6.58 Å². The van der Waals surface area contributed by atoms with E-state index in [9.17, 15) is 10.2 Å². The van der Waals surface area contributed by atoms with Crippen molar-refractivity contribution in [2.45, 2.75) is 24.2 Å². The molecule has 2 rings (SSSR count). The molecule has 4 atom stereocenters. The van der Waals surface area contributed by atoms with Crippen LogP contribution in [0.3, 0.4) is 0 Å². The molecule has 4 nitrogen and oxygen atoms in total. The highest BCUT2D eigenvalue weighted by Gasteiger charge is 2.60. The third-order valence-corrected chi connectivity index (χ3v) is 2.87. The molecule has 0 bridgehead atoms. The van der Waals surface area contributed by atoms with E-state index in [0.717, 1.165) is 0 Å². The highest BCUT2D eigenvalue weighted by molar-refractivity contribution is 5.18. The summed E-state index contributed by atoms with van der Waals surface area (Å²) in [6.07, 6.45) is -0.306. The number of hydrogen-bond donors (Lipinski definition) is 2. The maximum Gasteiger partial charge on any atom is 0.146 e. The van der Waals surface area contributed by atoms with Gasteiger partial charge in [-0.3, -0.25) is 0 Å². The Bertz CT molecular complexity index is 240. The minimum Gasteiger partial charge on any atom is -0.493 e. The number of methoxy groups -OCH3 is 1. The molecule has 2 fully saturated rings. The Morgan fingerprint density at radius 1 is 1.69 bits per heavy atom. The van der Waals surface area contributed by atoms with Gasteiger partial charge in [-0.15, -0.1) is 0 Å². The molecule has 13 heavy (non-hydrogen) atoms. The van der Waals surface area contributed by atoms with Crippen molar-refractivity contribution >= 4 is 0 Å². The predicted molar refractivity (Wildman–Crippen MR) is 45.0 cm³/mol. The van der Waals surface area contributed by atoms with Crippen molar-refractivity contribution in [3.8, 4) is 0 Å². The van der Waals surface area contributed by atoms with Crippen LogP contribution in [0.4, 0.5) is 0 Å². The van der Waals surface area contributed by atoms with Gasteiger partial charge in [0.05, 0.1) is 6.10 Å². The summed E-state index contributed by atoms with van der Waals surface area (Å²) < 4.78 is 10.2. The molecule has 2 unspecified atom stereocenters. The molecule has 1 aliphatic carbocycles. The minimum atomic E-state index is -1.08. The van der Waals surface area contributed by atoms with Crippen molar-refractivity contribution in [3.05, 3.63) is 12.3 Å². The molecule has 1 saturated carbocycles. The Kier molecular flexibility index (Phi) is 1.87. The summed E-state index contributed by atoms with van der Waals surface area (Å²) in [5, 5.41) is 19.4. The third kappa shape index (κ3) is 1.17. The van der Waals surface area contributed by atoms with E-state index in [1.165, 1.54) is 7.11 Å². The molecule has 0 aromatic heterocycles. The standard InChI is InChI=1S/C9H14O4/c1-5-8(12-2)9(11,4-13-5)6-3-7(6)10/h6-8,10-11H,1,3-4H2,2H3/t6?,7?,8-,9+/m0/s1. The first kappa shape index (κ1) is 8.99. The second kappa shape index (κ2) is 2.70. The van der Waals surface area contributed by atoms with E-state index in [1.807, 2.05) is 0 Å². The van der Waals surface area contributed by atoms with E-state index < -0.39 is 17.8 Å². The molecule has 2 N–H and O–H groups in total. The fourth-order valence-electron chi connectivity index (χ4n) is 1.99. The number of rotatable bonds is 2. The largest absolute Gasteiger partial charge is 0.493 e. The van der Waals surface area contributed by atoms with E-state index in [4.69, 9.17) is 9.47 Å². The van der Waals surface area contributed by atoms with Crippen molar-refractivity contribution in [1.29, 1.82) is 0 Å². The molecule has 0 radical (unpaired) electrons. The van der Waals surface area contributed by atoms with Crippen LogP contribution in [-0.4, -0.2) is 41.7 Å². The van der Waals surface area contributed by atoms with Gasteiger partial charge in [-0.2, -0.15) is 0 Å². The van der Waals surface area contributed by atoms with Gasteiger partial charge >= 0.3 is 0 Å². The van der Waals surface area contributed by atoms with Gasteiger partial charge in [0.2, 0.25) is 0 Å². The average Bonchev–Trinajstić information content (AvgIpc) is 2.73. The van der Waals surface area contributed by atoms with Crippen LogP contribution in [0.1, 0.15) is 6.42 Å². The normalized spacial score (nSPS) is 49.2. The smallest absolute Gasteiger partial charge is 0.146 e. The van der Waals surface area contributed by atoms with Crippen LogP contribution in [0, 0.1) is 5.92 Å². The van der Waals surface area contributed by atoms with Crippen LogP contribution >= 0.6 is 0 Å². The molecule has 0 spiro atoms. The zero-order valence-electron chi connectivity index (χ0n) is 7.56. The minimum absolute atomic E-state index is 0.128. The Morgan fingerprint density at radius 2 is 2.31 bits per heavy atom. The van der Waals surface area contributed by atoms with Crippen molar-refractivity contribution in [2.24, 2.45) is 5.92 Å². The lowest BCUT2D eigenvalue weighted by Gasteiger charge is -2.25. The monoisotopic (exact) mass is 186 g/mol. The summed E-state index contributed by atoms with van der Waals surface area (Å²) in [4.78, 5) is 0. The molecule has 1 saturated heterocycles. The highest BCUT2D eigenvalue weighted by atomic mass is 16.6. The summed E-state index contributed by atoms with van der Waals surface area (Å²) in [5.41, 5.74) is -1.08. The molecule has 0 aromatic rings. The topological polar surface area (TPSA) is 58.9 Å². The zero-order valence-corrected chi connectivity index (χ0v) is 7.56. The second-order valence-electron chi connectivity index (χ2n) is 3.77. The maximum atomic E-state index is 10.2. The average molecular weight is 186 g/mol. The Hall–Kier alpha value is -0.580. The van der Waals surface area contributed by atoms with Gasteiger partial charge in [0.1, 0.15) is 24.1 Å². The molecular weight excluding hydrogens is 172 g/mol. The first-order valence-corrected chi connectivity index (χ1v) is 4.34. The van der Waals surface area contributed by atoms with Gasteiger partial charge in [-0.1, -0.05) is 6.58 Å². The number of hydrogen-bond acceptors (Lipinski definition) is 4. The Morgan fingerprint density at radius 3 is 2.77 bits per heavy atom. The van der Waals surface area contributed by atoms with Crippen LogP contribution in [0.2, 0.25) is 0 Å². The van der Waals surface area contributed by atoms with Crippen molar-refractivity contribution in [2.75, 3.05) is 13.7 Å². The van der Waals surface area contributed by atoms with Gasteiger partial charge in [0, 0.05) is 13.0 Å². The molecule has 74 valence electrons. The lowest BCUT2D eigenvalue weighted by Crippen LogP contribution is -2.45. The Labute approximate surface area is 76.8 Å². The van der Waals surface area contributed by atoms with Gasteiger partial charge < -0.3 is 19.7 Å². The highest BCUT2D eigenvalue weighted by Crippen LogP contribution is 2.47. The SMILES string of the molecule is C=C1OC[C@@](O)(C2CC2O)[C@H]1OC.